The fraction of sp³-hybridized carbons (Fsp3) is 0.500. The molecule has 2 aromatic heterocycles. The molecule has 3 rings (SSSR count). The van der Waals surface area contributed by atoms with Gasteiger partial charge in [0.2, 0.25) is 0 Å². The van der Waals surface area contributed by atoms with Crippen LogP contribution in [0.25, 0.3) is 0 Å². The molecule has 0 aromatic carbocycles. The zero-order chi connectivity index (χ0) is 15.7. The van der Waals surface area contributed by atoms with Crippen LogP contribution in [0.4, 0.5) is 0 Å². The number of aryl methyl sites for hydroxylation is 1. The molecule has 1 saturated heterocycles. The number of hydrogen-bond acceptors (Lipinski definition) is 3. The standard InChI is InChI=1S/C16H22N4O2/c1-11(2)12-9-13(18-17-12)16(21)20-7-8-22-10-15(20)14-5-4-6-19(14)3/h4-6,9,11,15H,7-8,10H2,1-3H3,(H,17,18). The van der Waals surface area contributed by atoms with Gasteiger partial charge in [0.25, 0.3) is 5.91 Å². The van der Waals surface area contributed by atoms with E-state index in [9.17, 15) is 4.79 Å². The molecule has 1 amide bonds. The first-order chi connectivity index (χ1) is 10.6. The summed E-state index contributed by atoms with van der Waals surface area (Å²) in [6.07, 6.45) is 1.98. The van der Waals surface area contributed by atoms with Gasteiger partial charge in [0.1, 0.15) is 5.69 Å². The maximum atomic E-state index is 12.8. The van der Waals surface area contributed by atoms with Gasteiger partial charge < -0.3 is 14.2 Å². The van der Waals surface area contributed by atoms with E-state index in [-0.39, 0.29) is 11.9 Å². The van der Waals surface area contributed by atoms with E-state index in [0.29, 0.717) is 31.4 Å². The molecule has 0 radical (unpaired) electrons. The minimum Gasteiger partial charge on any atom is -0.377 e. The molecule has 118 valence electrons. The number of rotatable bonds is 3. The topological polar surface area (TPSA) is 63.1 Å². The van der Waals surface area contributed by atoms with E-state index in [1.54, 1.807) is 0 Å². The van der Waals surface area contributed by atoms with Crippen LogP contribution < -0.4 is 0 Å². The predicted octanol–water partition coefficient (Wildman–Crippen LogP) is 2.09. The van der Waals surface area contributed by atoms with Crippen molar-refractivity contribution in [2.75, 3.05) is 19.8 Å². The van der Waals surface area contributed by atoms with Gasteiger partial charge in [0, 0.05) is 31.2 Å². The predicted molar refractivity (Wildman–Crippen MR) is 82.7 cm³/mol. The smallest absolute Gasteiger partial charge is 0.275 e. The van der Waals surface area contributed by atoms with Gasteiger partial charge in [-0.1, -0.05) is 13.8 Å². The molecule has 1 fully saturated rings. The number of morpholine rings is 1. The summed E-state index contributed by atoms with van der Waals surface area (Å²) in [5.41, 5.74) is 2.53. The molecule has 1 aliphatic heterocycles. The molecule has 6 heteroatoms. The maximum absolute atomic E-state index is 12.8. The third kappa shape index (κ3) is 2.66. The number of aromatic amines is 1. The summed E-state index contributed by atoms with van der Waals surface area (Å²) < 4.78 is 7.62. The highest BCUT2D eigenvalue weighted by Crippen LogP contribution is 2.26. The minimum absolute atomic E-state index is 0.0438. The van der Waals surface area contributed by atoms with Crippen molar-refractivity contribution >= 4 is 5.91 Å². The molecule has 0 saturated carbocycles. The second-order valence-electron chi connectivity index (χ2n) is 6.00. The van der Waals surface area contributed by atoms with E-state index < -0.39 is 0 Å². The fourth-order valence-corrected chi connectivity index (χ4v) is 2.80. The van der Waals surface area contributed by atoms with Gasteiger partial charge in [-0.05, 0) is 24.1 Å². The molecule has 0 aliphatic carbocycles. The first-order valence-corrected chi connectivity index (χ1v) is 7.63. The molecule has 1 aliphatic rings. The number of ether oxygens (including phenoxy) is 1. The number of aromatic nitrogens is 3. The second kappa shape index (κ2) is 5.96. The Morgan fingerprint density at radius 1 is 1.50 bits per heavy atom. The molecular weight excluding hydrogens is 280 g/mol. The Labute approximate surface area is 130 Å². The first kappa shape index (κ1) is 14.8. The quantitative estimate of drug-likeness (QED) is 0.944. The summed E-state index contributed by atoms with van der Waals surface area (Å²) in [5, 5.41) is 7.14. The van der Waals surface area contributed by atoms with Crippen LogP contribution in [-0.4, -0.2) is 45.3 Å². The Morgan fingerprint density at radius 3 is 2.95 bits per heavy atom. The van der Waals surface area contributed by atoms with Gasteiger partial charge >= 0.3 is 0 Å². The largest absolute Gasteiger partial charge is 0.377 e. The number of H-pyrrole nitrogens is 1. The highest BCUT2D eigenvalue weighted by atomic mass is 16.5. The number of carbonyl (C=O) groups is 1. The van der Waals surface area contributed by atoms with Gasteiger partial charge in [-0.25, -0.2) is 0 Å². The van der Waals surface area contributed by atoms with Crippen molar-refractivity contribution in [3.8, 4) is 0 Å². The lowest BCUT2D eigenvalue weighted by atomic mass is 10.1. The summed E-state index contributed by atoms with van der Waals surface area (Å²) in [5.74, 6) is 0.278. The van der Waals surface area contributed by atoms with E-state index in [0.717, 1.165) is 11.4 Å². The third-order valence-electron chi connectivity index (χ3n) is 4.15. The number of hydrogen-bond donors (Lipinski definition) is 1. The molecule has 22 heavy (non-hydrogen) atoms. The van der Waals surface area contributed by atoms with Crippen molar-refractivity contribution in [1.29, 1.82) is 0 Å². The van der Waals surface area contributed by atoms with Crippen LogP contribution in [0.5, 0.6) is 0 Å². The summed E-state index contributed by atoms with van der Waals surface area (Å²) in [6, 6.07) is 5.80. The molecular formula is C16H22N4O2. The lowest BCUT2D eigenvalue weighted by Crippen LogP contribution is -2.44. The number of amides is 1. The normalized spacial score (nSPS) is 18.9. The Bertz CT molecular complexity index is 659. The molecule has 1 unspecified atom stereocenters. The van der Waals surface area contributed by atoms with Gasteiger partial charge in [-0.3, -0.25) is 9.89 Å². The van der Waals surface area contributed by atoms with E-state index >= 15 is 0 Å². The highest BCUT2D eigenvalue weighted by molar-refractivity contribution is 5.92. The fourth-order valence-electron chi connectivity index (χ4n) is 2.80. The molecule has 6 nitrogen and oxygen atoms in total. The molecule has 2 aromatic rings. The average molecular weight is 302 g/mol. The van der Waals surface area contributed by atoms with Crippen molar-refractivity contribution in [1.82, 2.24) is 19.7 Å². The van der Waals surface area contributed by atoms with E-state index in [1.165, 1.54) is 0 Å². The van der Waals surface area contributed by atoms with Crippen molar-refractivity contribution in [2.45, 2.75) is 25.8 Å². The molecule has 1 N–H and O–H groups in total. The SMILES string of the molecule is CC(C)c1cc(C(=O)N2CCOCC2c2cccn2C)n[nH]1. The van der Waals surface area contributed by atoms with Gasteiger partial charge in [0.05, 0.1) is 19.3 Å². The van der Waals surface area contributed by atoms with E-state index in [2.05, 4.69) is 24.0 Å². The summed E-state index contributed by atoms with van der Waals surface area (Å²) in [6.45, 7) is 5.81. The lowest BCUT2D eigenvalue weighted by Gasteiger charge is -2.35. The van der Waals surface area contributed by atoms with Crippen molar-refractivity contribution in [2.24, 2.45) is 7.05 Å². The Hall–Kier alpha value is -2.08. The van der Waals surface area contributed by atoms with Gasteiger partial charge in [0.15, 0.2) is 0 Å². The van der Waals surface area contributed by atoms with Crippen LogP contribution in [0.3, 0.4) is 0 Å². The highest BCUT2D eigenvalue weighted by Gasteiger charge is 2.31. The first-order valence-electron chi connectivity index (χ1n) is 7.63. The zero-order valence-electron chi connectivity index (χ0n) is 13.2. The average Bonchev–Trinajstić information content (AvgIpc) is 3.15. The molecule has 0 spiro atoms. The summed E-state index contributed by atoms with van der Waals surface area (Å²) in [7, 11) is 1.98. The number of nitrogens with one attached hydrogen (secondary N) is 1. The summed E-state index contributed by atoms with van der Waals surface area (Å²) in [4.78, 5) is 14.7. The van der Waals surface area contributed by atoms with Crippen molar-refractivity contribution < 1.29 is 9.53 Å². The third-order valence-corrected chi connectivity index (χ3v) is 4.15. The van der Waals surface area contributed by atoms with E-state index in [4.69, 9.17) is 4.74 Å². The number of carbonyl (C=O) groups excluding carboxylic acids is 1. The van der Waals surface area contributed by atoms with Gasteiger partial charge in [-0.15, -0.1) is 0 Å². The van der Waals surface area contributed by atoms with Crippen LogP contribution in [0.15, 0.2) is 24.4 Å². The Morgan fingerprint density at radius 2 is 2.32 bits per heavy atom. The monoisotopic (exact) mass is 302 g/mol. The molecule has 1 atom stereocenters. The summed E-state index contributed by atoms with van der Waals surface area (Å²) >= 11 is 0. The van der Waals surface area contributed by atoms with Crippen LogP contribution in [0, 0.1) is 0 Å². The van der Waals surface area contributed by atoms with Crippen LogP contribution in [-0.2, 0) is 11.8 Å². The molecule has 3 heterocycles. The van der Waals surface area contributed by atoms with Crippen LogP contribution >= 0.6 is 0 Å². The minimum atomic E-state index is -0.0690. The van der Waals surface area contributed by atoms with E-state index in [1.807, 2.05) is 40.9 Å². The van der Waals surface area contributed by atoms with Crippen molar-refractivity contribution in [3.05, 3.63) is 41.5 Å². The van der Waals surface area contributed by atoms with Crippen molar-refractivity contribution in [3.63, 3.8) is 0 Å². The zero-order valence-corrected chi connectivity index (χ0v) is 13.2. The lowest BCUT2D eigenvalue weighted by molar-refractivity contribution is -0.00494. The van der Waals surface area contributed by atoms with Crippen LogP contribution in [0.2, 0.25) is 0 Å². The maximum Gasteiger partial charge on any atom is 0.275 e. The number of nitrogens with zero attached hydrogens (tertiary/aromatic N) is 3. The second-order valence-corrected chi connectivity index (χ2v) is 6.00. The molecule has 0 bridgehead atoms. The van der Waals surface area contributed by atoms with Gasteiger partial charge in [-0.2, -0.15) is 5.10 Å². The van der Waals surface area contributed by atoms with Crippen LogP contribution in [0.1, 0.15) is 47.7 Å². The Balaban J connectivity index is 1.86. The Kier molecular flexibility index (Phi) is 4.02.